The number of morpholine rings is 1. The fourth-order valence-corrected chi connectivity index (χ4v) is 3.83. The van der Waals surface area contributed by atoms with Crippen LogP contribution in [-0.4, -0.2) is 45.5 Å². The van der Waals surface area contributed by atoms with Crippen LogP contribution in [0.25, 0.3) is 0 Å². The molecule has 1 aliphatic rings. The number of hydrogen-bond acceptors (Lipinski definition) is 4. The maximum Gasteiger partial charge on any atom is 0.262 e. The zero-order valence-corrected chi connectivity index (χ0v) is 15.4. The molecule has 0 radical (unpaired) electrons. The van der Waals surface area contributed by atoms with Crippen LogP contribution >= 0.6 is 0 Å². The van der Waals surface area contributed by atoms with Crippen LogP contribution in [0.4, 0.5) is 14.5 Å². The van der Waals surface area contributed by atoms with Gasteiger partial charge in [-0.3, -0.25) is 9.52 Å². The topological polar surface area (TPSA) is 75.7 Å². The van der Waals surface area contributed by atoms with Gasteiger partial charge in [0.1, 0.15) is 17.3 Å². The summed E-state index contributed by atoms with van der Waals surface area (Å²) < 4.78 is 59.8. The molecule has 144 valence electrons. The number of sulfonamides is 1. The second kappa shape index (κ2) is 7.61. The second-order valence-electron chi connectivity index (χ2n) is 6.08. The number of hydrogen-bond donors (Lipinski definition) is 1. The maximum atomic E-state index is 13.8. The summed E-state index contributed by atoms with van der Waals surface area (Å²) in [5, 5.41) is 0. The van der Waals surface area contributed by atoms with Gasteiger partial charge in [0.05, 0.1) is 18.1 Å². The Bertz CT molecular complexity index is 953. The Kier molecular flexibility index (Phi) is 5.43. The SMILES string of the molecule is Cc1ccc(S(=O)(=O)Nc2c(F)cccc2F)cc1C(=O)N1CCOCC1. The molecule has 2 aromatic carbocycles. The number of ether oxygens (including phenoxy) is 1. The van der Waals surface area contributed by atoms with E-state index >= 15 is 0 Å². The minimum Gasteiger partial charge on any atom is -0.378 e. The normalized spacial score (nSPS) is 14.9. The van der Waals surface area contributed by atoms with Crippen LogP contribution in [0, 0.1) is 18.6 Å². The molecule has 1 saturated heterocycles. The minimum atomic E-state index is -4.29. The summed E-state index contributed by atoms with van der Waals surface area (Å²) in [5.41, 5.74) is 0.0513. The van der Waals surface area contributed by atoms with Crippen LogP contribution in [0.1, 0.15) is 15.9 Å². The van der Waals surface area contributed by atoms with E-state index in [1.165, 1.54) is 18.2 Å². The van der Waals surface area contributed by atoms with Crippen molar-refractivity contribution >= 4 is 21.6 Å². The molecule has 0 aliphatic carbocycles. The standard InChI is InChI=1S/C18H18F2N2O4S/c1-12-5-6-13(11-14(12)18(23)22-7-9-26-10-8-22)27(24,25)21-17-15(19)3-2-4-16(17)20/h2-6,11,21H,7-10H2,1H3. The van der Waals surface area contributed by atoms with Crippen molar-refractivity contribution in [3.63, 3.8) is 0 Å². The van der Waals surface area contributed by atoms with Crippen LogP contribution in [0.15, 0.2) is 41.3 Å². The van der Waals surface area contributed by atoms with Gasteiger partial charge in [0.15, 0.2) is 0 Å². The van der Waals surface area contributed by atoms with E-state index in [1.54, 1.807) is 11.8 Å². The first-order chi connectivity index (χ1) is 12.8. The molecule has 0 spiro atoms. The van der Waals surface area contributed by atoms with E-state index in [1.807, 2.05) is 4.72 Å². The van der Waals surface area contributed by atoms with Gasteiger partial charge in [0.2, 0.25) is 0 Å². The number of anilines is 1. The lowest BCUT2D eigenvalue weighted by Gasteiger charge is -2.27. The van der Waals surface area contributed by atoms with Gasteiger partial charge in [-0.15, -0.1) is 0 Å². The molecule has 6 nitrogen and oxygen atoms in total. The molecule has 1 amide bonds. The molecular formula is C18H18F2N2O4S. The first kappa shape index (κ1) is 19.2. The number of amides is 1. The van der Waals surface area contributed by atoms with Gasteiger partial charge in [-0.25, -0.2) is 17.2 Å². The van der Waals surface area contributed by atoms with E-state index < -0.39 is 27.3 Å². The molecule has 0 bridgehead atoms. The van der Waals surface area contributed by atoms with Crippen LogP contribution in [0.2, 0.25) is 0 Å². The minimum absolute atomic E-state index is 0.216. The predicted molar refractivity (Wildman–Crippen MR) is 95.1 cm³/mol. The number of carbonyl (C=O) groups excluding carboxylic acids is 1. The molecule has 0 saturated carbocycles. The molecule has 1 aliphatic heterocycles. The van der Waals surface area contributed by atoms with Gasteiger partial charge in [-0.05, 0) is 36.8 Å². The summed E-state index contributed by atoms with van der Waals surface area (Å²) in [6, 6.07) is 7.01. The highest BCUT2D eigenvalue weighted by molar-refractivity contribution is 7.92. The summed E-state index contributed by atoms with van der Waals surface area (Å²) >= 11 is 0. The maximum absolute atomic E-state index is 13.8. The summed E-state index contributed by atoms with van der Waals surface area (Å²) in [6.45, 7) is 3.34. The highest BCUT2D eigenvalue weighted by atomic mass is 32.2. The lowest BCUT2D eigenvalue weighted by Crippen LogP contribution is -2.41. The van der Waals surface area contributed by atoms with Crippen molar-refractivity contribution in [1.82, 2.24) is 4.90 Å². The smallest absolute Gasteiger partial charge is 0.262 e. The zero-order valence-electron chi connectivity index (χ0n) is 14.5. The molecule has 27 heavy (non-hydrogen) atoms. The van der Waals surface area contributed by atoms with Crippen molar-refractivity contribution < 1.29 is 26.7 Å². The summed E-state index contributed by atoms with van der Waals surface area (Å²) in [7, 11) is -4.29. The highest BCUT2D eigenvalue weighted by Gasteiger charge is 2.24. The van der Waals surface area contributed by atoms with Gasteiger partial charge in [-0.1, -0.05) is 12.1 Å². The number of rotatable bonds is 4. The van der Waals surface area contributed by atoms with E-state index in [2.05, 4.69) is 0 Å². The summed E-state index contributed by atoms with van der Waals surface area (Å²) in [6.07, 6.45) is 0. The Morgan fingerprint density at radius 1 is 1.11 bits per heavy atom. The number of halogens is 2. The first-order valence-electron chi connectivity index (χ1n) is 8.24. The monoisotopic (exact) mass is 396 g/mol. The second-order valence-corrected chi connectivity index (χ2v) is 7.77. The van der Waals surface area contributed by atoms with Crippen molar-refractivity contribution in [2.24, 2.45) is 0 Å². The fraction of sp³-hybridized carbons (Fsp3) is 0.278. The fourth-order valence-electron chi connectivity index (χ4n) is 2.72. The van der Waals surface area contributed by atoms with Crippen molar-refractivity contribution in [2.45, 2.75) is 11.8 Å². The summed E-state index contributed by atoms with van der Waals surface area (Å²) in [4.78, 5) is 14.0. The third kappa shape index (κ3) is 4.09. The number of nitrogens with one attached hydrogen (secondary N) is 1. The molecule has 1 heterocycles. The van der Waals surface area contributed by atoms with Gasteiger partial charge in [0, 0.05) is 18.7 Å². The van der Waals surface area contributed by atoms with Crippen LogP contribution in [0.3, 0.4) is 0 Å². The van der Waals surface area contributed by atoms with Crippen LogP contribution in [-0.2, 0) is 14.8 Å². The Morgan fingerprint density at radius 2 is 1.74 bits per heavy atom. The molecular weight excluding hydrogens is 378 g/mol. The number of para-hydroxylation sites is 1. The highest BCUT2D eigenvalue weighted by Crippen LogP contribution is 2.24. The quantitative estimate of drug-likeness (QED) is 0.862. The zero-order chi connectivity index (χ0) is 19.6. The average molecular weight is 396 g/mol. The molecule has 3 rings (SSSR count). The lowest BCUT2D eigenvalue weighted by atomic mass is 10.1. The van der Waals surface area contributed by atoms with Crippen molar-refractivity contribution in [3.8, 4) is 0 Å². The number of benzene rings is 2. The summed E-state index contributed by atoms with van der Waals surface area (Å²) in [5.74, 6) is -2.38. The van der Waals surface area contributed by atoms with Gasteiger partial charge in [0.25, 0.3) is 15.9 Å². The molecule has 0 unspecified atom stereocenters. The van der Waals surface area contributed by atoms with Crippen LogP contribution < -0.4 is 4.72 Å². The molecule has 1 N–H and O–H groups in total. The molecule has 2 aromatic rings. The van der Waals surface area contributed by atoms with Crippen LogP contribution in [0.5, 0.6) is 0 Å². The van der Waals surface area contributed by atoms with Crippen molar-refractivity contribution in [2.75, 3.05) is 31.0 Å². The van der Waals surface area contributed by atoms with Crippen molar-refractivity contribution in [3.05, 3.63) is 59.2 Å². The van der Waals surface area contributed by atoms with Gasteiger partial charge < -0.3 is 9.64 Å². The average Bonchev–Trinajstić information content (AvgIpc) is 2.65. The Labute approximate surface area is 155 Å². The van der Waals surface area contributed by atoms with E-state index in [-0.39, 0.29) is 16.4 Å². The number of carbonyl (C=O) groups is 1. The van der Waals surface area contributed by atoms with E-state index in [0.29, 0.717) is 31.9 Å². The third-order valence-corrected chi connectivity index (χ3v) is 5.59. The number of nitrogens with zero attached hydrogens (tertiary/aromatic N) is 1. The van der Waals surface area contributed by atoms with Gasteiger partial charge in [-0.2, -0.15) is 0 Å². The largest absolute Gasteiger partial charge is 0.378 e. The lowest BCUT2D eigenvalue weighted by molar-refractivity contribution is 0.0302. The Morgan fingerprint density at radius 3 is 2.37 bits per heavy atom. The number of aryl methyl sites for hydroxylation is 1. The van der Waals surface area contributed by atoms with Gasteiger partial charge >= 0.3 is 0 Å². The third-order valence-electron chi connectivity index (χ3n) is 4.25. The Balaban J connectivity index is 1.93. The molecule has 9 heteroatoms. The van der Waals surface area contributed by atoms with E-state index in [4.69, 9.17) is 4.74 Å². The van der Waals surface area contributed by atoms with E-state index in [0.717, 1.165) is 18.2 Å². The molecule has 0 aromatic heterocycles. The Hall–Kier alpha value is -2.52. The predicted octanol–water partition coefficient (Wildman–Crippen LogP) is 2.55. The molecule has 1 fully saturated rings. The van der Waals surface area contributed by atoms with Crippen molar-refractivity contribution in [1.29, 1.82) is 0 Å². The molecule has 0 atom stereocenters. The van der Waals surface area contributed by atoms with E-state index in [9.17, 15) is 22.0 Å². The first-order valence-corrected chi connectivity index (χ1v) is 9.72.